The van der Waals surface area contributed by atoms with Gasteiger partial charge >= 0.3 is 0 Å². The predicted octanol–water partition coefficient (Wildman–Crippen LogP) is 2.92. The van der Waals surface area contributed by atoms with E-state index in [-0.39, 0.29) is 22.7 Å². The van der Waals surface area contributed by atoms with Crippen LogP contribution in [0.1, 0.15) is 15.9 Å². The third-order valence-corrected chi connectivity index (χ3v) is 4.98. The van der Waals surface area contributed by atoms with Crippen LogP contribution in [0.15, 0.2) is 47.4 Å². The van der Waals surface area contributed by atoms with Crippen LogP contribution in [0.25, 0.3) is 0 Å². The fraction of sp³-hybridized carbons (Fsp3) is 0.188. The van der Waals surface area contributed by atoms with Crippen LogP contribution in [-0.4, -0.2) is 37.5 Å². The van der Waals surface area contributed by atoms with E-state index in [0.717, 1.165) is 6.26 Å². The number of carbonyl (C=O) groups excluding carboxylic acids is 1. The fourth-order valence-electron chi connectivity index (χ4n) is 2.20. The number of halogens is 1. The van der Waals surface area contributed by atoms with E-state index in [2.05, 4.69) is 0 Å². The molecule has 0 aliphatic rings. The van der Waals surface area contributed by atoms with Crippen molar-refractivity contribution in [2.75, 3.05) is 13.3 Å². The molecular formula is C16H15ClN2O5S. The second-order valence-electron chi connectivity index (χ2n) is 5.49. The molecule has 2 aromatic carbocycles. The molecular weight excluding hydrogens is 368 g/mol. The quantitative estimate of drug-likeness (QED) is 0.585. The van der Waals surface area contributed by atoms with Crippen molar-refractivity contribution in [3.8, 4) is 0 Å². The highest BCUT2D eigenvalue weighted by Gasteiger charge is 2.17. The van der Waals surface area contributed by atoms with Crippen molar-refractivity contribution in [2.45, 2.75) is 11.4 Å². The van der Waals surface area contributed by atoms with Crippen LogP contribution >= 0.6 is 11.6 Å². The molecule has 1 amide bonds. The van der Waals surface area contributed by atoms with Crippen molar-refractivity contribution in [3.05, 3.63) is 68.7 Å². The van der Waals surface area contributed by atoms with E-state index in [4.69, 9.17) is 11.6 Å². The van der Waals surface area contributed by atoms with E-state index >= 15 is 0 Å². The minimum atomic E-state index is -3.43. The van der Waals surface area contributed by atoms with E-state index < -0.39 is 20.7 Å². The topological polar surface area (TPSA) is 97.6 Å². The van der Waals surface area contributed by atoms with Gasteiger partial charge in [0.15, 0.2) is 9.84 Å². The van der Waals surface area contributed by atoms with Crippen molar-refractivity contribution >= 4 is 33.0 Å². The Morgan fingerprint density at radius 2 is 1.92 bits per heavy atom. The SMILES string of the molecule is CN(Cc1cc([N+](=O)[O-])ccc1Cl)C(=O)c1cccc(S(C)(=O)=O)c1. The highest BCUT2D eigenvalue weighted by atomic mass is 35.5. The van der Waals surface area contributed by atoms with E-state index in [1.54, 1.807) is 0 Å². The predicted molar refractivity (Wildman–Crippen MR) is 93.5 cm³/mol. The molecule has 0 saturated heterocycles. The van der Waals surface area contributed by atoms with Crippen molar-refractivity contribution in [1.82, 2.24) is 4.90 Å². The highest BCUT2D eigenvalue weighted by Crippen LogP contribution is 2.24. The lowest BCUT2D eigenvalue weighted by atomic mass is 10.1. The molecule has 0 saturated carbocycles. The summed E-state index contributed by atoms with van der Waals surface area (Å²) in [6.07, 6.45) is 1.06. The zero-order chi connectivity index (χ0) is 18.8. The van der Waals surface area contributed by atoms with Crippen LogP contribution < -0.4 is 0 Å². The largest absolute Gasteiger partial charge is 0.337 e. The number of nitro groups is 1. The van der Waals surface area contributed by atoms with Crippen molar-refractivity contribution in [3.63, 3.8) is 0 Å². The first-order valence-corrected chi connectivity index (χ1v) is 9.35. The van der Waals surface area contributed by atoms with E-state index in [0.29, 0.717) is 10.6 Å². The van der Waals surface area contributed by atoms with Crippen LogP contribution in [-0.2, 0) is 16.4 Å². The highest BCUT2D eigenvalue weighted by molar-refractivity contribution is 7.90. The van der Waals surface area contributed by atoms with Gasteiger partial charge in [-0.3, -0.25) is 14.9 Å². The monoisotopic (exact) mass is 382 g/mol. The van der Waals surface area contributed by atoms with Crippen molar-refractivity contribution in [2.24, 2.45) is 0 Å². The summed E-state index contributed by atoms with van der Waals surface area (Å²) in [5.74, 6) is -0.423. The number of sulfone groups is 1. The summed E-state index contributed by atoms with van der Waals surface area (Å²) in [6, 6.07) is 9.67. The Morgan fingerprint density at radius 3 is 2.52 bits per heavy atom. The molecule has 2 aromatic rings. The Bertz CT molecular complexity index is 943. The number of hydrogen-bond acceptors (Lipinski definition) is 5. The minimum absolute atomic E-state index is 0.0418. The smallest absolute Gasteiger partial charge is 0.269 e. The summed E-state index contributed by atoms with van der Waals surface area (Å²) in [5, 5.41) is 11.2. The first-order valence-electron chi connectivity index (χ1n) is 7.08. The Kier molecular flexibility index (Phi) is 5.44. The molecule has 0 N–H and O–H groups in total. The molecule has 7 nitrogen and oxygen atoms in total. The van der Waals surface area contributed by atoms with Gasteiger partial charge in [0.1, 0.15) is 0 Å². The van der Waals surface area contributed by atoms with Crippen LogP contribution in [0.5, 0.6) is 0 Å². The van der Waals surface area contributed by atoms with Crippen LogP contribution in [0.2, 0.25) is 5.02 Å². The van der Waals surface area contributed by atoms with Gasteiger partial charge in [-0.05, 0) is 29.8 Å². The summed E-state index contributed by atoms with van der Waals surface area (Å²) in [4.78, 5) is 24.2. The Hall–Kier alpha value is -2.45. The first-order chi connectivity index (χ1) is 11.6. The fourth-order valence-corrected chi connectivity index (χ4v) is 3.05. The number of rotatable bonds is 5. The number of hydrogen-bond donors (Lipinski definition) is 0. The number of non-ortho nitro benzene ring substituents is 1. The zero-order valence-electron chi connectivity index (χ0n) is 13.5. The maximum Gasteiger partial charge on any atom is 0.269 e. The van der Waals surface area contributed by atoms with Gasteiger partial charge in [0.05, 0.1) is 9.82 Å². The van der Waals surface area contributed by atoms with Gasteiger partial charge in [-0.15, -0.1) is 0 Å². The molecule has 0 aliphatic carbocycles. The van der Waals surface area contributed by atoms with Crippen LogP contribution in [0.4, 0.5) is 5.69 Å². The van der Waals surface area contributed by atoms with Gasteiger partial charge < -0.3 is 4.90 Å². The molecule has 0 atom stereocenters. The third-order valence-electron chi connectivity index (χ3n) is 3.50. The standard InChI is InChI=1S/C16H15ClN2O5S/c1-18(10-12-8-13(19(21)22)6-7-15(12)17)16(20)11-4-3-5-14(9-11)25(2,23)24/h3-9H,10H2,1-2H3. The van der Waals surface area contributed by atoms with Gasteiger partial charge in [0, 0.05) is 42.6 Å². The minimum Gasteiger partial charge on any atom is -0.337 e. The number of nitro benzene ring substituents is 1. The summed E-state index contributed by atoms with van der Waals surface area (Å²) >= 11 is 6.04. The molecule has 0 bridgehead atoms. The molecule has 0 radical (unpaired) electrons. The summed E-state index contributed by atoms with van der Waals surface area (Å²) in [5.41, 5.74) is 0.497. The lowest BCUT2D eigenvalue weighted by Crippen LogP contribution is -2.26. The van der Waals surface area contributed by atoms with Crippen LogP contribution in [0.3, 0.4) is 0 Å². The molecule has 0 aromatic heterocycles. The average molecular weight is 383 g/mol. The average Bonchev–Trinajstić information content (AvgIpc) is 2.55. The third kappa shape index (κ3) is 4.55. The van der Waals surface area contributed by atoms with Crippen molar-refractivity contribution < 1.29 is 18.1 Å². The summed E-state index contributed by atoms with van der Waals surface area (Å²) in [6.45, 7) is 0.0441. The van der Waals surface area contributed by atoms with Gasteiger partial charge in [-0.2, -0.15) is 0 Å². The second-order valence-corrected chi connectivity index (χ2v) is 7.92. The van der Waals surface area contributed by atoms with Gasteiger partial charge in [0.25, 0.3) is 11.6 Å². The number of carbonyl (C=O) groups is 1. The van der Waals surface area contributed by atoms with Gasteiger partial charge in [-0.25, -0.2) is 8.42 Å². The Labute approximate surface area is 149 Å². The number of amides is 1. The van der Waals surface area contributed by atoms with E-state index in [1.807, 2.05) is 0 Å². The molecule has 0 unspecified atom stereocenters. The molecule has 0 spiro atoms. The Balaban J connectivity index is 2.27. The molecule has 0 fully saturated rings. The molecule has 2 rings (SSSR count). The Morgan fingerprint density at radius 1 is 1.24 bits per heavy atom. The van der Waals surface area contributed by atoms with Crippen molar-refractivity contribution in [1.29, 1.82) is 0 Å². The molecule has 0 aliphatic heterocycles. The maximum atomic E-state index is 12.5. The zero-order valence-corrected chi connectivity index (χ0v) is 15.0. The first kappa shape index (κ1) is 18.9. The van der Waals surface area contributed by atoms with Gasteiger partial charge in [-0.1, -0.05) is 17.7 Å². The van der Waals surface area contributed by atoms with E-state index in [9.17, 15) is 23.3 Å². The summed E-state index contributed by atoms with van der Waals surface area (Å²) < 4.78 is 23.2. The number of nitrogens with zero attached hydrogens (tertiary/aromatic N) is 2. The van der Waals surface area contributed by atoms with Crippen LogP contribution in [0, 0.1) is 10.1 Å². The molecule has 25 heavy (non-hydrogen) atoms. The lowest BCUT2D eigenvalue weighted by molar-refractivity contribution is -0.384. The molecule has 9 heteroatoms. The second kappa shape index (κ2) is 7.20. The van der Waals surface area contributed by atoms with E-state index in [1.165, 1.54) is 54.4 Å². The summed E-state index contributed by atoms with van der Waals surface area (Å²) in [7, 11) is -1.93. The number of benzene rings is 2. The molecule has 132 valence electrons. The van der Waals surface area contributed by atoms with Gasteiger partial charge in [0.2, 0.25) is 0 Å². The molecule has 0 heterocycles. The normalized spacial score (nSPS) is 11.2. The maximum absolute atomic E-state index is 12.5. The lowest BCUT2D eigenvalue weighted by Gasteiger charge is -2.18.